The second kappa shape index (κ2) is 5.48. The Kier molecular flexibility index (Phi) is 3.99. The molecule has 4 heteroatoms. The highest BCUT2D eigenvalue weighted by molar-refractivity contribution is 6.30. The molecule has 2 rings (SSSR count). The average molecular weight is 243 g/mol. The Morgan fingerprint density at radius 2 is 1.75 bits per heavy atom. The molecule has 2 heterocycles. The lowest BCUT2D eigenvalue weighted by atomic mass is 10.1. The van der Waals surface area contributed by atoms with Crippen molar-refractivity contribution in [3.05, 3.63) is 23.1 Å². The Morgan fingerprint density at radius 3 is 2.38 bits per heavy atom. The molecule has 88 valence electrons. The molecule has 0 radical (unpaired) electrons. The minimum atomic E-state index is -0.312. The summed E-state index contributed by atoms with van der Waals surface area (Å²) in [5, 5.41) is 0.355. The Hall–Kier alpha value is -0.830. The number of anilines is 1. The van der Waals surface area contributed by atoms with Crippen LogP contribution in [-0.4, -0.2) is 18.1 Å². The molecule has 1 fully saturated rings. The molecule has 0 aliphatic carbocycles. The van der Waals surface area contributed by atoms with Crippen molar-refractivity contribution in [1.29, 1.82) is 0 Å². The number of aromatic nitrogens is 1. The molecule has 1 aliphatic rings. The zero-order chi connectivity index (χ0) is 11.4. The van der Waals surface area contributed by atoms with Gasteiger partial charge in [-0.25, -0.2) is 9.37 Å². The van der Waals surface area contributed by atoms with E-state index in [1.54, 1.807) is 0 Å². The van der Waals surface area contributed by atoms with E-state index in [1.165, 1.54) is 31.5 Å². The van der Waals surface area contributed by atoms with E-state index >= 15 is 0 Å². The van der Waals surface area contributed by atoms with Crippen molar-refractivity contribution in [1.82, 2.24) is 4.98 Å². The molecule has 0 bridgehead atoms. The molecule has 0 N–H and O–H groups in total. The van der Waals surface area contributed by atoms with Gasteiger partial charge in [0.25, 0.3) is 0 Å². The van der Waals surface area contributed by atoms with Crippen LogP contribution in [0.25, 0.3) is 0 Å². The molecule has 0 atom stereocenters. The van der Waals surface area contributed by atoms with E-state index < -0.39 is 0 Å². The van der Waals surface area contributed by atoms with Crippen LogP contribution < -0.4 is 4.90 Å². The van der Waals surface area contributed by atoms with Gasteiger partial charge in [0.2, 0.25) is 0 Å². The van der Waals surface area contributed by atoms with Crippen molar-refractivity contribution in [3.8, 4) is 0 Å². The fourth-order valence-corrected chi connectivity index (χ4v) is 2.24. The van der Waals surface area contributed by atoms with Gasteiger partial charge in [0.1, 0.15) is 0 Å². The van der Waals surface area contributed by atoms with E-state index in [2.05, 4.69) is 4.98 Å². The second-order valence-corrected chi connectivity index (χ2v) is 4.65. The van der Waals surface area contributed by atoms with E-state index in [4.69, 9.17) is 11.6 Å². The highest BCUT2D eigenvalue weighted by Crippen LogP contribution is 2.22. The number of hydrogen-bond donors (Lipinski definition) is 0. The van der Waals surface area contributed by atoms with Gasteiger partial charge in [0.15, 0.2) is 11.6 Å². The number of pyridine rings is 1. The molecule has 1 aromatic rings. The van der Waals surface area contributed by atoms with Crippen molar-refractivity contribution in [2.75, 3.05) is 18.0 Å². The van der Waals surface area contributed by atoms with Crippen LogP contribution in [0.3, 0.4) is 0 Å². The maximum Gasteiger partial charge on any atom is 0.167 e. The molecule has 0 amide bonds. The number of nitrogens with zero attached hydrogens (tertiary/aromatic N) is 2. The maximum atomic E-state index is 13.7. The Balaban J connectivity index is 2.14. The normalized spacial score (nSPS) is 18.0. The smallest absolute Gasteiger partial charge is 0.167 e. The van der Waals surface area contributed by atoms with Crippen LogP contribution in [0, 0.1) is 5.82 Å². The third-order valence-corrected chi connectivity index (χ3v) is 3.15. The van der Waals surface area contributed by atoms with Crippen LogP contribution >= 0.6 is 11.6 Å². The van der Waals surface area contributed by atoms with Crippen molar-refractivity contribution >= 4 is 17.4 Å². The molecule has 0 spiro atoms. The third-order valence-electron chi connectivity index (χ3n) is 2.94. The quantitative estimate of drug-likeness (QED) is 0.748. The standard InChI is InChI=1S/C12H16ClFN2/c13-10-8-11(14)12(15-9-10)16-6-4-2-1-3-5-7-16/h8-9H,1-7H2. The van der Waals surface area contributed by atoms with Gasteiger partial charge in [-0.15, -0.1) is 0 Å². The SMILES string of the molecule is Fc1cc(Cl)cnc1N1CCCCCCC1. The molecular formula is C12H16ClFN2. The van der Waals surface area contributed by atoms with Gasteiger partial charge in [0, 0.05) is 19.3 Å². The molecule has 1 aromatic heterocycles. The monoisotopic (exact) mass is 242 g/mol. The molecule has 1 aliphatic heterocycles. The van der Waals surface area contributed by atoms with Crippen molar-refractivity contribution in [3.63, 3.8) is 0 Å². The van der Waals surface area contributed by atoms with Crippen LogP contribution in [0.5, 0.6) is 0 Å². The van der Waals surface area contributed by atoms with Crippen molar-refractivity contribution in [2.45, 2.75) is 32.1 Å². The molecule has 0 unspecified atom stereocenters. The predicted octanol–water partition coefficient (Wildman–Crippen LogP) is 3.64. The minimum absolute atomic E-state index is 0.312. The topological polar surface area (TPSA) is 16.1 Å². The van der Waals surface area contributed by atoms with Gasteiger partial charge in [-0.2, -0.15) is 0 Å². The zero-order valence-corrected chi connectivity index (χ0v) is 10.0. The van der Waals surface area contributed by atoms with E-state index in [-0.39, 0.29) is 5.82 Å². The van der Waals surface area contributed by atoms with Crippen molar-refractivity contribution in [2.24, 2.45) is 0 Å². The molecule has 16 heavy (non-hydrogen) atoms. The van der Waals surface area contributed by atoms with E-state index in [0.717, 1.165) is 25.9 Å². The first-order valence-electron chi connectivity index (χ1n) is 5.83. The van der Waals surface area contributed by atoms with E-state index in [0.29, 0.717) is 10.8 Å². The summed E-state index contributed by atoms with van der Waals surface area (Å²) in [4.78, 5) is 6.13. The fraction of sp³-hybridized carbons (Fsp3) is 0.583. The van der Waals surface area contributed by atoms with Crippen LogP contribution in [0.4, 0.5) is 10.2 Å². The molecule has 0 aromatic carbocycles. The van der Waals surface area contributed by atoms with Crippen LogP contribution in [0.2, 0.25) is 5.02 Å². The van der Waals surface area contributed by atoms with E-state index in [1.807, 2.05) is 4.90 Å². The third kappa shape index (κ3) is 2.85. The maximum absolute atomic E-state index is 13.7. The molecule has 1 saturated heterocycles. The summed E-state index contributed by atoms with van der Waals surface area (Å²) in [6, 6.07) is 1.34. The highest BCUT2D eigenvalue weighted by atomic mass is 35.5. The minimum Gasteiger partial charge on any atom is -0.354 e. The largest absolute Gasteiger partial charge is 0.354 e. The Morgan fingerprint density at radius 1 is 1.12 bits per heavy atom. The van der Waals surface area contributed by atoms with Crippen molar-refractivity contribution < 1.29 is 4.39 Å². The lowest BCUT2D eigenvalue weighted by molar-refractivity contribution is 0.540. The summed E-state index contributed by atoms with van der Waals surface area (Å²) >= 11 is 5.69. The van der Waals surface area contributed by atoms with E-state index in [9.17, 15) is 4.39 Å². The Labute approximate surface area is 100 Å². The predicted molar refractivity (Wildman–Crippen MR) is 64.5 cm³/mol. The molecule has 0 saturated carbocycles. The Bertz CT molecular complexity index is 349. The summed E-state index contributed by atoms with van der Waals surface area (Å²) in [7, 11) is 0. The number of halogens is 2. The van der Waals surface area contributed by atoms with Crippen LogP contribution in [0.15, 0.2) is 12.3 Å². The molecular weight excluding hydrogens is 227 g/mol. The first kappa shape index (κ1) is 11.6. The van der Waals surface area contributed by atoms with Gasteiger partial charge >= 0.3 is 0 Å². The van der Waals surface area contributed by atoms with Gasteiger partial charge < -0.3 is 4.90 Å². The summed E-state index contributed by atoms with van der Waals surface area (Å²) in [6.07, 6.45) is 7.49. The number of hydrogen-bond acceptors (Lipinski definition) is 2. The molecule has 2 nitrogen and oxygen atoms in total. The van der Waals surface area contributed by atoms with Crippen LogP contribution in [-0.2, 0) is 0 Å². The number of rotatable bonds is 1. The van der Waals surface area contributed by atoms with Gasteiger partial charge in [-0.05, 0) is 18.9 Å². The van der Waals surface area contributed by atoms with Crippen LogP contribution in [0.1, 0.15) is 32.1 Å². The lowest BCUT2D eigenvalue weighted by Gasteiger charge is -2.26. The average Bonchev–Trinajstić information content (AvgIpc) is 2.19. The first-order chi connectivity index (χ1) is 7.77. The lowest BCUT2D eigenvalue weighted by Crippen LogP contribution is -2.28. The summed E-state index contributed by atoms with van der Waals surface area (Å²) < 4.78 is 13.7. The second-order valence-electron chi connectivity index (χ2n) is 4.21. The summed E-state index contributed by atoms with van der Waals surface area (Å²) in [5.74, 6) is 0.138. The van der Waals surface area contributed by atoms with Gasteiger partial charge in [-0.1, -0.05) is 30.9 Å². The zero-order valence-electron chi connectivity index (χ0n) is 9.25. The highest BCUT2D eigenvalue weighted by Gasteiger charge is 2.14. The fourth-order valence-electron chi connectivity index (χ4n) is 2.10. The first-order valence-corrected chi connectivity index (χ1v) is 6.21. The van der Waals surface area contributed by atoms with Gasteiger partial charge in [0.05, 0.1) is 5.02 Å². The summed E-state index contributed by atoms with van der Waals surface area (Å²) in [5.41, 5.74) is 0. The van der Waals surface area contributed by atoms with Gasteiger partial charge in [-0.3, -0.25) is 0 Å². The summed E-state index contributed by atoms with van der Waals surface area (Å²) in [6.45, 7) is 1.79.